The Bertz CT molecular complexity index is 1250. The molecule has 0 radical (unpaired) electrons. The van der Waals surface area contributed by atoms with E-state index in [9.17, 15) is 14.4 Å². The van der Waals surface area contributed by atoms with Crippen LogP contribution in [0.4, 0.5) is 11.4 Å². The highest BCUT2D eigenvalue weighted by Crippen LogP contribution is 2.37. The molecular weight excluding hydrogens is 528 g/mol. The fraction of sp³-hybridized carbons (Fsp3) is 0.154. The Morgan fingerprint density at radius 3 is 2.22 bits per heavy atom. The molecule has 0 saturated heterocycles. The van der Waals surface area contributed by atoms with Crippen LogP contribution in [0.5, 0.6) is 11.5 Å². The number of rotatable bonds is 9. The standard InChI is InChI=1S/C26H25BrN4O5/c1-3-35-23-14-19(13-22(27)24(23)36-16-18-7-5-4-6-8-18)15-28-31-26(34)25(33)30-21-11-9-20(10-12-21)29-17(2)32/h4-15H,3,16H2,1-2H3,(H,29,32)(H,30,33)(H,31,34). The molecule has 10 heteroatoms. The Kier molecular flexibility index (Phi) is 9.58. The van der Waals surface area contributed by atoms with Gasteiger partial charge >= 0.3 is 11.8 Å². The first-order valence-corrected chi connectivity index (χ1v) is 11.8. The van der Waals surface area contributed by atoms with E-state index in [1.54, 1.807) is 36.4 Å². The second-order valence-electron chi connectivity index (χ2n) is 7.45. The summed E-state index contributed by atoms with van der Waals surface area (Å²) in [4.78, 5) is 35.3. The van der Waals surface area contributed by atoms with E-state index in [-0.39, 0.29) is 5.91 Å². The molecule has 3 N–H and O–H groups in total. The van der Waals surface area contributed by atoms with E-state index in [1.165, 1.54) is 13.1 Å². The van der Waals surface area contributed by atoms with Crippen LogP contribution in [0.2, 0.25) is 0 Å². The summed E-state index contributed by atoms with van der Waals surface area (Å²) in [7, 11) is 0. The van der Waals surface area contributed by atoms with Gasteiger partial charge in [0.25, 0.3) is 0 Å². The number of amides is 3. The normalized spacial score (nSPS) is 10.5. The van der Waals surface area contributed by atoms with Gasteiger partial charge in [0.05, 0.1) is 17.3 Å². The number of hydrogen-bond donors (Lipinski definition) is 3. The van der Waals surface area contributed by atoms with E-state index in [0.29, 0.717) is 46.1 Å². The minimum Gasteiger partial charge on any atom is -0.490 e. The van der Waals surface area contributed by atoms with Crippen molar-refractivity contribution in [2.75, 3.05) is 17.2 Å². The molecule has 0 atom stereocenters. The van der Waals surface area contributed by atoms with Crippen LogP contribution in [0.3, 0.4) is 0 Å². The van der Waals surface area contributed by atoms with Gasteiger partial charge < -0.3 is 20.1 Å². The van der Waals surface area contributed by atoms with Crippen molar-refractivity contribution >= 4 is 51.2 Å². The summed E-state index contributed by atoms with van der Waals surface area (Å²) in [5, 5.41) is 8.94. The van der Waals surface area contributed by atoms with E-state index in [4.69, 9.17) is 9.47 Å². The molecule has 0 fully saturated rings. The minimum absolute atomic E-state index is 0.209. The molecule has 0 saturated carbocycles. The number of hydrogen-bond acceptors (Lipinski definition) is 6. The highest BCUT2D eigenvalue weighted by Gasteiger charge is 2.14. The summed E-state index contributed by atoms with van der Waals surface area (Å²) < 4.78 is 12.3. The largest absolute Gasteiger partial charge is 0.490 e. The van der Waals surface area contributed by atoms with Crippen molar-refractivity contribution in [3.63, 3.8) is 0 Å². The summed E-state index contributed by atoms with van der Waals surface area (Å²) in [5.41, 5.74) is 4.79. The van der Waals surface area contributed by atoms with Gasteiger partial charge in [-0.15, -0.1) is 0 Å². The van der Waals surface area contributed by atoms with Crippen LogP contribution < -0.4 is 25.5 Å². The maximum atomic E-state index is 12.1. The van der Waals surface area contributed by atoms with Crippen molar-refractivity contribution in [3.8, 4) is 11.5 Å². The van der Waals surface area contributed by atoms with E-state index >= 15 is 0 Å². The average molecular weight is 553 g/mol. The van der Waals surface area contributed by atoms with Crippen LogP contribution in [-0.4, -0.2) is 30.5 Å². The lowest BCUT2D eigenvalue weighted by atomic mass is 10.2. The summed E-state index contributed by atoms with van der Waals surface area (Å²) in [6.07, 6.45) is 1.39. The minimum atomic E-state index is -0.941. The van der Waals surface area contributed by atoms with Crippen molar-refractivity contribution in [3.05, 3.63) is 82.3 Å². The maximum Gasteiger partial charge on any atom is 0.329 e. The Hall–Kier alpha value is -4.18. The number of nitrogens with one attached hydrogen (secondary N) is 3. The second kappa shape index (κ2) is 13.1. The molecule has 36 heavy (non-hydrogen) atoms. The molecule has 0 spiro atoms. The Morgan fingerprint density at radius 2 is 1.58 bits per heavy atom. The first-order chi connectivity index (χ1) is 17.4. The molecular formula is C26H25BrN4O5. The molecule has 9 nitrogen and oxygen atoms in total. The molecule has 0 bridgehead atoms. The third-order valence-corrected chi connectivity index (χ3v) is 5.20. The highest BCUT2D eigenvalue weighted by atomic mass is 79.9. The van der Waals surface area contributed by atoms with Gasteiger partial charge in [0.2, 0.25) is 5.91 Å². The Balaban J connectivity index is 1.60. The molecule has 3 rings (SSSR count). The Morgan fingerprint density at radius 1 is 0.917 bits per heavy atom. The number of nitrogens with zero attached hydrogens (tertiary/aromatic N) is 1. The monoisotopic (exact) mass is 552 g/mol. The lowest BCUT2D eigenvalue weighted by Crippen LogP contribution is -2.32. The molecule has 3 aromatic carbocycles. The predicted octanol–water partition coefficient (Wildman–Crippen LogP) is 4.47. The summed E-state index contributed by atoms with van der Waals surface area (Å²) in [6.45, 7) is 4.05. The first-order valence-electron chi connectivity index (χ1n) is 11.0. The van der Waals surface area contributed by atoms with Crippen molar-refractivity contribution < 1.29 is 23.9 Å². The number of carbonyl (C=O) groups is 3. The molecule has 186 valence electrons. The van der Waals surface area contributed by atoms with Crippen LogP contribution in [0, 0.1) is 0 Å². The fourth-order valence-electron chi connectivity index (χ4n) is 3.04. The second-order valence-corrected chi connectivity index (χ2v) is 8.30. The van der Waals surface area contributed by atoms with Crippen LogP contribution in [0.25, 0.3) is 0 Å². The first kappa shape index (κ1) is 26.4. The predicted molar refractivity (Wildman–Crippen MR) is 141 cm³/mol. The number of ether oxygens (including phenoxy) is 2. The van der Waals surface area contributed by atoms with Gasteiger partial charge in [-0.25, -0.2) is 5.43 Å². The number of halogens is 1. The molecule has 0 aliphatic heterocycles. The van der Waals surface area contributed by atoms with E-state index in [2.05, 4.69) is 37.1 Å². The van der Waals surface area contributed by atoms with E-state index in [0.717, 1.165) is 5.56 Å². The van der Waals surface area contributed by atoms with Crippen molar-refractivity contribution in [1.29, 1.82) is 0 Å². The topological polar surface area (TPSA) is 118 Å². The zero-order valence-electron chi connectivity index (χ0n) is 19.7. The summed E-state index contributed by atoms with van der Waals surface area (Å²) >= 11 is 3.50. The van der Waals surface area contributed by atoms with Crippen LogP contribution in [0.15, 0.2) is 76.3 Å². The average Bonchev–Trinajstić information content (AvgIpc) is 2.85. The van der Waals surface area contributed by atoms with Gasteiger partial charge in [-0.3, -0.25) is 14.4 Å². The molecule has 0 aromatic heterocycles. The van der Waals surface area contributed by atoms with Crippen LogP contribution >= 0.6 is 15.9 Å². The third-order valence-electron chi connectivity index (χ3n) is 4.61. The van der Waals surface area contributed by atoms with Gasteiger partial charge in [0.15, 0.2) is 11.5 Å². The summed E-state index contributed by atoms with van der Waals surface area (Å²) in [6, 6.07) is 19.6. The quantitative estimate of drug-likeness (QED) is 0.205. The van der Waals surface area contributed by atoms with Gasteiger partial charge in [0, 0.05) is 18.3 Å². The van der Waals surface area contributed by atoms with Crippen LogP contribution in [0.1, 0.15) is 25.0 Å². The molecule has 3 amide bonds. The lowest BCUT2D eigenvalue weighted by Gasteiger charge is -2.14. The zero-order chi connectivity index (χ0) is 25.9. The maximum absolute atomic E-state index is 12.1. The van der Waals surface area contributed by atoms with E-state index < -0.39 is 11.8 Å². The zero-order valence-corrected chi connectivity index (χ0v) is 21.3. The summed E-state index contributed by atoms with van der Waals surface area (Å²) in [5.74, 6) is -0.982. The number of carbonyl (C=O) groups excluding carboxylic acids is 3. The lowest BCUT2D eigenvalue weighted by molar-refractivity contribution is -0.136. The number of anilines is 2. The fourth-order valence-corrected chi connectivity index (χ4v) is 3.61. The molecule has 3 aromatic rings. The smallest absolute Gasteiger partial charge is 0.329 e. The molecule has 0 unspecified atom stereocenters. The molecule has 0 heterocycles. The molecule has 0 aliphatic carbocycles. The van der Waals surface area contributed by atoms with Gasteiger partial charge in [-0.2, -0.15) is 5.10 Å². The van der Waals surface area contributed by atoms with Gasteiger partial charge in [-0.1, -0.05) is 30.3 Å². The molecule has 0 aliphatic rings. The van der Waals surface area contributed by atoms with Crippen molar-refractivity contribution in [2.24, 2.45) is 5.10 Å². The van der Waals surface area contributed by atoms with Crippen molar-refractivity contribution in [2.45, 2.75) is 20.5 Å². The Labute approximate surface area is 217 Å². The third kappa shape index (κ3) is 7.95. The van der Waals surface area contributed by atoms with E-state index in [1.807, 2.05) is 37.3 Å². The van der Waals surface area contributed by atoms with Crippen LogP contribution in [-0.2, 0) is 21.0 Å². The van der Waals surface area contributed by atoms with Gasteiger partial charge in [-0.05, 0) is 70.4 Å². The number of benzene rings is 3. The highest BCUT2D eigenvalue weighted by molar-refractivity contribution is 9.10. The van der Waals surface area contributed by atoms with Gasteiger partial charge in [0.1, 0.15) is 6.61 Å². The SMILES string of the molecule is CCOc1cc(C=NNC(=O)C(=O)Nc2ccc(NC(C)=O)cc2)cc(Br)c1OCc1ccccc1. The van der Waals surface area contributed by atoms with Crippen molar-refractivity contribution in [1.82, 2.24) is 5.43 Å². The number of hydrazone groups is 1.